The number of allylic oxidation sites excluding steroid dienone is 1. The number of thiophene rings is 1. The second kappa shape index (κ2) is 6.44. The van der Waals surface area contributed by atoms with E-state index in [4.69, 9.17) is 0 Å². The summed E-state index contributed by atoms with van der Waals surface area (Å²) >= 11 is 1.73. The highest BCUT2D eigenvalue weighted by Gasteiger charge is 2.24. The Morgan fingerprint density at radius 2 is 2.40 bits per heavy atom. The number of likely N-dealkylation sites (tertiary alicyclic amines) is 1. The molecule has 1 aromatic heterocycles. The third-order valence-corrected chi connectivity index (χ3v) is 5.08. The molecule has 1 fully saturated rings. The van der Waals surface area contributed by atoms with Crippen LogP contribution in [0.25, 0.3) is 0 Å². The number of carbonyl (C=O) groups excluding carboxylic acids is 1. The summed E-state index contributed by atoms with van der Waals surface area (Å²) in [5, 5.41) is 5.22. The van der Waals surface area contributed by atoms with Gasteiger partial charge >= 0.3 is 0 Å². The molecule has 20 heavy (non-hydrogen) atoms. The fraction of sp³-hybridized carbons (Fsp3) is 0.562. The van der Waals surface area contributed by atoms with Gasteiger partial charge in [-0.05, 0) is 50.1 Å². The fourth-order valence-corrected chi connectivity index (χ4v) is 3.79. The first-order valence-corrected chi connectivity index (χ1v) is 8.12. The lowest BCUT2D eigenvalue weighted by Crippen LogP contribution is -2.32. The van der Waals surface area contributed by atoms with Gasteiger partial charge in [0.1, 0.15) is 0 Å². The first kappa shape index (κ1) is 15.1. The van der Waals surface area contributed by atoms with Gasteiger partial charge in [0.2, 0.25) is 5.91 Å². The van der Waals surface area contributed by atoms with Crippen molar-refractivity contribution in [3.05, 3.63) is 34.2 Å². The van der Waals surface area contributed by atoms with E-state index < -0.39 is 0 Å². The van der Waals surface area contributed by atoms with Gasteiger partial charge in [-0.2, -0.15) is 0 Å². The second-order valence-electron chi connectivity index (χ2n) is 5.72. The summed E-state index contributed by atoms with van der Waals surface area (Å²) in [6.07, 6.45) is 3.23. The molecule has 0 aromatic carbocycles. The molecule has 1 aromatic rings. The molecule has 4 heteroatoms. The number of rotatable bonds is 5. The maximum absolute atomic E-state index is 11.4. The van der Waals surface area contributed by atoms with E-state index in [9.17, 15) is 4.79 Å². The monoisotopic (exact) mass is 292 g/mol. The highest BCUT2D eigenvalue weighted by atomic mass is 32.1. The van der Waals surface area contributed by atoms with Gasteiger partial charge < -0.3 is 10.2 Å². The van der Waals surface area contributed by atoms with E-state index in [1.165, 1.54) is 22.6 Å². The molecule has 110 valence electrons. The average molecular weight is 292 g/mol. The van der Waals surface area contributed by atoms with Gasteiger partial charge in [0.05, 0.1) is 6.04 Å². The Kier molecular flexibility index (Phi) is 4.86. The van der Waals surface area contributed by atoms with Crippen molar-refractivity contribution in [1.29, 1.82) is 0 Å². The van der Waals surface area contributed by atoms with E-state index in [0.717, 1.165) is 19.4 Å². The summed E-state index contributed by atoms with van der Waals surface area (Å²) < 4.78 is 0. The minimum absolute atomic E-state index is 0.0364. The molecule has 1 unspecified atom stereocenters. The van der Waals surface area contributed by atoms with E-state index in [1.807, 2.05) is 0 Å². The predicted octanol–water partition coefficient (Wildman–Crippen LogP) is 3.62. The average Bonchev–Trinajstić information content (AvgIpc) is 2.93. The van der Waals surface area contributed by atoms with Gasteiger partial charge in [-0.25, -0.2) is 0 Å². The van der Waals surface area contributed by atoms with Crippen molar-refractivity contribution in [2.45, 2.75) is 52.1 Å². The van der Waals surface area contributed by atoms with Crippen molar-refractivity contribution < 1.29 is 4.79 Å². The molecule has 0 spiro atoms. The molecular weight excluding hydrogens is 268 g/mol. The molecule has 0 aliphatic carbocycles. The summed E-state index contributed by atoms with van der Waals surface area (Å²) in [4.78, 5) is 15.1. The Bertz CT molecular complexity index is 494. The highest BCUT2D eigenvalue weighted by Crippen LogP contribution is 2.29. The van der Waals surface area contributed by atoms with Crippen LogP contribution in [0.5, 0.6) is 0 Å². The van der Waals surface area contributed by atoms with Crippen molar-refractivity contribution in [3.8, 4) is 0 Å². The van der Waals surface area contributed by atoms with Crippen LogP contribution in [0.4, 0.5) is 0 Å². The van der Waals surface area contributed by atoms with E-state index in [2.05, 4.69) is 42.1 Å². The first-order valence-electron chi connectivity index (χ1n) is 7.24. The van der Waals surface area contributed by atoms with E-state index in [0.29, 0.717) is 6.04 Å². The Hall–Kier alpha value is -1.29. The molecule has 1 aliphatic rings. The molecule has 2 atom stereocenters. The van der Waals surface area contributed by atoms with Crippen molar-refractivity contribution >= 4 is 17.2 Å². The maximum atomic E-state index is 11.4. The van der Waals surface area contributed by atoms with Gasteiger partial charge in [0.25, 0.3) is 0 Å². The molecule has 2 rings (SSSR count). The Morgan fingerprint density at radius 1 is 1.65 bits per heavy atom. The minimum atomic E-state index is 0.0364. The topological polar surface area (TPSA) is 32.3 Å². The van der Waals surface area contributed by atoms with Gasteiger partial charge in [0.15, 0.2) is 0 Å². The number of amides is 1. The third-order valence-electron chi connectivity index (χ3n) is 3.92. The molecule has 2 heterocycles. The van der Waals surface area contributed by atoms with Crippen LogP contribution in [0.2, 0.25) is 0 Å². The number of nitrogens with one attached hydrogen (secondary N) is 1. The molecular formula is C16H24N2OS. The van der Waals surface area contributed by atoms with Crippen molar-refractivity contribution in [2.24, 2.45) is 0 Å². The van der Waals surface area contributed by atoms with Crippen LogP contribution in [0.15, 0.2) is 23.7 Å². The van der Waals surface area contributed by atoms with Crippen LogP contribution in [0.1, 0.15) is 49.6 Å². The number of carbonyl (C=O) groups is 1. The number of hydrogen-bond acceptors (Lipinski definition) is 3. The molecule has 1 amide bonds. The minimum Gasteiger partial charge on any atom is -0.372 e. The molecule has 3 nitrogen and oxygen atoms in total. The summed E-state index contributed by atoms with van der Waals surface area (Å²) in [6, 6.07) is 2.87. The van der Waals surface area contributed by atoms with Crippen LogP contribution in [-0.2, 0) is 4.79 Å². The molecule has 0 saturated carbocycles. The predicted molar refractivity (Wildman–Crippen MR) is 84.8 cm³/mol. The highest BCUT2D eigenvalue weighted by molar-refractivity contribution is 7.10. The Morgan fingerprint density at radius 3 is 2.90 bits per heavy atom. The summed E-state index contributed by atoms with van der Waals surface area (Å²) in [7, 11) is 0. The lowest BCUT2D eigenvalue weighted by Gasteiger charge is -2.27. The normalized spacial score (nSPS) is 20.2. The van der Waals surface area contributed by atoms with Crippen LogP contribution < -0.4 is 5.32 Å². The maximum Gasteiger partial charge on any atom is 0.217 e. The SMILES string of the molecule is C=C1CCC(C)N1CC[C@H](NC(C)=O)c1cc(C)cs1. The third kappa shape index (κ3) is 3.63. The van der Waals surface area contributed by atoms with Crippen LogP contribution >= 0.6 is 11.3 Å². The smallest absolute Gasteiger partial charge is 0.217 e. The van der Waals surface area contributed by atoms with E-state index in [-0.39, 0.29) is 11.9 Å². The Labute approximate surface area is 125 Å². The molecule has 1 saturated heterocycles. The Balaban J connectivity index is 2.01. The zero-order valence-corrected chi connectivity index (χ0v) is 13.4. The number of nitrogens with zero attached hydrogens (tertiary/aromatic N) is 1. The van der Waals surface area contributed by atoms with Crippen molar-refractivity contribution in [3.63, 3.8) is 0 Å². The largest absolute Gasteiger partial charge is 0.372 e. The fourth-order valence-electron chi connectivity index (χ4n) is 2.80. The van der Waals surface area contributed by atoms with Gasteiger partial charge in [-0.3, -0.25) is 4.79 Å². The van der Waals surface area contributed by atoms with Gasteiger partial charge in [-0.15, -0.1) is 11.3 Å². The summed E-state index contributed by atoms with van der Waals surface area (Å²) in [5.74, 6) is 0.0364. The van der Waals surface area contributed by atoms with Gasteiger partial charge in [0, 0.05) is 30.1 Å². The summed E-state index contributed by atoms with van der Waals surface area (Å²) in [6.45, 7) is 11.0. The molecule has 1 N–H and O–H groups in total. The zero-order chi connectivity index (χ0) is 14.7. The summed E-state index contributed by atoms with van der Waals surface area (Å²) in [5.41, 5.74) is 2.50. The van der Waals surface area contributed by atoms with E-state index >= 15 is 0 Å². The first-order chi connectivity index (χ1) is 9.47. The van der Waals surface area contributed by atoms with Crippen LogP contribution in [-0.4, -0.2) is 23.4 Å². The lowest BCUT2D eigenvalue weighted by molar-refractivity contribution is -0.119. The molecule has 1 aliphatic heterocycles. The van der Waals surface area contributed by atoms with Crippen molar-refractivity contribution in [2.75, 3.05) is 6.54 Å². The zero-order valence-electron chi connectivity index (χ0n) is 12.6. The standard InChI is InChI=1S/C16H24N2OS/c1-11-9-16(20-10-11)15(17-14(4)19)7-8-18-12(2)5-6-13(18)3/h9-10,13,15H,2,5-8H2,1,3-4H3,(H,17,19)/t13?,15-/m0/s1. The number of hydrogen-bond donors (Lipinski definition) is 1. The van der Waals surface area contributed by atoms with Crippen LogP contribution in [0.3, 0.4) is 0 Å². The number of aryl methyl sites for hydroxylation is 1. The van der Waals surface area contributed by atoms with Crippen molar-refractivity contribution in [1.82, 2.24) is 10.2 Å². The lowest BCUT2D eigenvalue weighted by atomic mass is 10.1. The quantitative estimate of drug-likeness (QED) is 0.899. The van der Waals surface area contributed by atoms with Gasteiger partial charge in [-0.1, -0.05) is 6.58 Å². The van der Waals surface area contributed by atoms with Crippen LogP contribution in [0, 0.1) is 6.92 Å². The second-order valence-corrected chi connectivity index (χ2v) is 6.66. The molecule has 0 radical (unpaired) electrons. The molecule has 0 bridgehead atoms. The van der Waals surface area contributed by atoms with E-state index in [1.54, 1.807) is 18.3 Å².